The van der Waals surface area contributed by atoms with Gasteiger partial charge in [0.2, 0.25) is 0 Å². The van der Waals surface area contributed by atoms with Crippen LogP contribution >= 0.6 is 0 Å². The molecule has 0 atom stereocenters. The maximum absolute atomic E-state index is 12.5. The Bertz CT molecular complexity index is 560. The number of hydrogen-bond acceptors (Lipinski definition) is 3. The van der Waals surface area contributed by atoms with Crippen LogP contribution in [0.15, 0.2) is 49.0 Å². The highest BCUT2D eigenvalue weighted by atomic mass is 19.4. The van der Waals surface area contributed by atoms with Gasteiger partial charge in [-0.1, -0.05) is 25.3 Å². The molecule has 114 valence electrons. The summed E-state index contributed by atoms with van der Waals surface area (Å²) in [5.74, 6) is 0.511. The summed E-state index contributed by atoms with van der Waals surface area (Å²) in [6.07, 6.45) is -0.823. The van der Waals surface area contributed by atoms with E-state index >= 15 is 0 Å². The average molecular weight is 297 g/mol. The number of rotatable bonds is 6. The van der Waals surface area contributed by atoms with E-state index in [0.29, 0.717) is 29.3 Å². The molecule has 0 aliphatic carbocycles. The van der Waals surface area contributed by atoms with Gasteiger partial charge < -0.3 is 10.6 Å². The van der Waals surface area contributed by atoms with Gasteiger partial charge in [-0.3, -0.25) is 0 Å². The highest BCUT2D eigenvalue weighted by Gasteiger charge is 2.32. The number of pyridine rings is 1. The van der Waals surface area contributed by atoms with Crippen LogP contribution in [0.2, 0.25) is 0 Å². The molecule has 0 aliphatic rings. The average Bonchev–Trinajstić information content (AvgIpc) is 2.36. The van der Waals surface area contributed by atoms with Crippen LogP contribution < -0.4 is 10.6 Å². The molecule has 0 unspecified atom stereocenters. The number of nitrogens with zero attached hydrogens (tertiary/aromatic N) is 1. The summed E-state index contributed by atoms with van der Waals surface area (Å²) >= 11 is 0. The Kier molecular flexibility index (Phi) is 5.58. The zero-order chi connectivity index (χ0) is 16.0. The summed E-state index contributed by atoms with van der Waals surface area (Å²) in [6.45, 7) is 11.3. The highest BCUT2D eigenvalue weighted by Crippen LogP contribution is 2.28. The molecule has 1 heterocycles. The fraction of sp³-hybridized carbons (Fsp3) is 0.267. The maximum atomic E-state index is 12.5. The molecular weight excluding hydrogens is 279 g/mol. The van der Waals surface area contributed by atoms with Crippen molar-refractivity contribution in [1.82, 2.24) is 15.6 Å². The second-order valence-corrected chi connectivity index (χ2v) is 4.42. The van der Waals surface area contributed by atoms with Crippen molar-refractivity contribution in [2.45, 2.75) is 26.6 Å². The monoisotopic (exact) mass is 297 g/mol. The Hall–Kier alpha value is -2.24. The summed E-state index contributed by atoms with van der Waals surface area (Å²) in [5.41, 5.74) is 0.777. The van der Waals surface area contributed by atoms with Crippen molar-refractivity contribution >= 4 is 0 Å². The van der Waals surface area contributed by atoms with Gasteiger partial charge in [0, 0.05) is 17.9 Å². The van der Waals surface area contributed by atoms with Gasteiger partial charge in [-0.2, -0.15) is 13.2 Å². The lowest BCUT2D eigenvalue weighted by Gasteiger charge is -2.14. The van der Waals surface area contributed by atoms with Crippen LogP contribution in [0.1, 0.15) is 23.9 Å². The molecule has 6 heteroatoms. The van der Waals surface area contributed by atoms with Crippen LogP contribution in [0.5, 0.6) is 0 Å². The third-order valence-electron chi connectivity index (χ3n) is 2.66. The number of nitrogens with one attached hydrogen (secondary N) is 2. The highest BCUT2D eigenvalue weighted by molar-refractivity contribution is 5.24. The zero-order valence-electron chi connectivity index (χ0n) is 12.0. The Morgan fingerprint density at radius 3 is 2.52 bits per heavy atom. The van der Waals surface area contributed by atoms with Gasteiger partial charge in [0.15, 0.2) is 0 Å². The lowest BCUT2D eigenvalue weighted by molar-refractivity contribution is -0.141. The molecular formula is C15H18F3N3. The molecule has 2 N–H and O–H groups in total. The number of aryl methyl sites for hydroxylation is 1. The fourth-order valence-corrected chi connectivity index (χ4v) is 1.62. The zero-order valence-corrected chi connectivity index (χ0v) is 12.0. The van der Waals surface area contributed by atoms with E-state index in [-0.39, 0.29) is 0 Å². The van der Waals surface area contributed by atoms with Gasteiger partial charge in [0.1, 0.15) is 5.69 Å². The van der Waals surface area contributed by atoms with E-state index in [2.05, 4.69) is 28.8 Å². The molecule has 1 rings (SSSR count). The number of allylic oxidation sites excluding steroid dienone is 2. The van der Waals surface area contributed by atoms with Crippen LogP contribution in [-0.2, 0) is 12.7 Å². The number of aromatic nitrogens is 1. The second kappa shape index (κ2) is 6.97. The van der Waals surface area contributed by atoms with Gasteiger partial charge in [0.05, 0.1) is 5.82 Å². The van der Waals surface area contributed by atoms with Gasteiger partial charge in [-0.15, -0.1) is 0 Å². The smallest absolute Gasteiger partial charge is 0.368 e. The summed E-state index contributed by atoms with van der Waals surface area (Å²) in [6, 6.07) is 2.38. The molecule has 21 heavy (non-hydrogen) atoms. The molecule has 0 saturated heterocycles. The predicted octanol–water partition coefficient (Wildman–Crippen LogP) is 3.65. The van der Waals surface area contributed by atoms with Crippen LogP contribution in [0, 0.1) is 6.92 Å². The first-order chi connectivity index (χ1) is 9.74. The molecule has 0 aliphatic heterocycles. The van der Waals surface area contributed by atoms with E-state index in [1.165, 1.54) is 6.07 Å². The van der Waals surface area contributed by atoms with Gasteiger partial charge >= 0.3 is 6.18 Å². The van der Waals surface area contributed by atoms with Crippen LogP contribution in [0.4, 0.5) is 13.2 Å². The molecule has 0 aromatic carbocycles. The molecule has 0 saturated carbocycles. The minimum absolute atomic E-state index is 0.325. The van der Waals surface area contributed by atoms with E-state index in [9.17, 15) is 13.2 Å². The third kappa shape index (κ3) is 5.33. The van der Waals surface area contributed by atoms with Crippen molar-refractivity contribution in [3.8, 4) is 0 Å². The van der Waals surface area contributed by atoms with Crippen molar-refractivity contribution < 1.29 is 13.2 Å². The standard InChI is InChI=1S/C15H18F3N3/c1-5-6-10(2)20-12(4)19-9-13-7-8-14(15(16,17)18)21-11(13)3/h5-8,19-20H,2,4,9H2,1,3H3/b6-5-. The molecule has 0 fully saturated rings. The number of halogens is 3. The molecule has 1 aromatic rings. The van der Waals surface area contributed by atoms with Crippen LogP contribution in [0.25, 0.3) is 0 Å². The summed E-state index contributed by atoms with van der Waals surface area (Å²) < 4.78 is 37.5. The summed E-state index contributed by atoms with van der Waals surface area (Å²) in [4.78, 5) is 3.57. The first kappa shape index (κ1) is 16.8. The number of hydrogen-bond donors (Lipinski definition) is 2. The number of alkyl halides is 3. The Balaban J connectivity index is 2.64. The van der Waals surface area contributed by atoms with Gasteiger partial charge in [-0.25, -0.2) is 4.98 Å². The van der Waals surface area contributed by atoms with Gasteiger partial charge in [-0.05, 0) is 31.6 Å². The normalized spacial score (nSPS) is 11.5. The molecule has 1 aromatic heterocycles. The molecule has 3 nitrogen and oxygen atoms in total. The van der Waals surface area contributed by atoms with E-state index in [1.807, 2.05) is 13.0 Å². The lowest BCUT2D eigenvalue weighted by atomic mass is 10.2. The van der Waals surface area contributed by atoms with Crippen molar-refractivity contribution in [1.29, 1.82) is 0 Å². The molecule has 0 radical (unpaired) electrons. The minimum Gasteiger partial charge on any atom is -0.368 e. The Morgan fingerprint density at radius 2 is 2.00 bits per heavy atom. The van der Waals surface area contributed by atoms with E-state index in [1.54, 1.807) is 13.0 Å². The quantitative estimate of drug-likeness (QED) is 0.787. The van der Waals surface area contributed by atoms with E-state index < -0.39 is 11.9 Å². The van der Waals surface area contributed by atoms with Crippen molar-refractivity contribution in [2.75, 3.05) is 0 Å². The minimum atomic E-state index is -4.42. The lowest BCUT2D eigenvalue weighted by Crippen LogP contribution is -2.24. The first-order valence-corrected chi connectivity index (χ1v) is 6.29. The molecule has 0 spiro atoms. The van der Waals surface area contributed by atoms with Crippen molar-refractivity contribution in [3.63, 3.8) is 0 Å². The largest absolute Gasteiger partial charge is 0.433 e. The van der Waals surface area contributed by atoms with Crippen molar-refractivity contribution in [2.24, 2.45) is 0 Å². The summed E-state index contributed by atoms with van der Waals surface area (Å²) in [5, 5.41) is 5.88. The van der Waals surface area contributed by atoms with E-state index in [0.717, 1.165) is 6.07 Å². The first-order valence-electron chi connectivity index (χ1n) is 6.29. The molecule has 0 amide bonds. The Morgan fingerprint density at radius 1 is 1.33 bits per heavy atom. The maximum Gasteiger partial charge on any atom is 0.433 e. The predicted molar refractivity (Wildman–Crippen MR) is 77.0 cm³/mol. The Labute approximate surface area is 122 Å². The fourth-order valence-electron chi connectivity index (χ4n) is 1.62. The SMILES string of the molecule is C=C(/C=C\C)NC(=C)NCc1ccc(C(F)(F)F)nc1C. The van der Waals surface area contributed by atoms with Crippen molar-refractivity contribution in [3.05, 3.63) is 65.9 Å². The van der Waals surface area contributed by atoms with Gasteiger partial charge in [0.25, 0.3) is 0 Å². The van der Waals surface area contributed by atoms with E-state index in [4.69, 9.17) is 0 Å². The topological polar surface area (TPSA) is 37.0 Å². The summed E-state index contributed by atoms with van der Waals surface area (Å²) in [7, 11) is 0. The van der Waals surface area contributed by atoms with Crippen LogP contribution in [-0.4, -0.2) is 4.98 Å². The molecule has 0 bridgehead atoms. The second-order valence-electron chi connectivity index (χ2n) is 4.42. The van der Waals surface area contributed by atoms with Crippen LogP contribution in [0.3, 0.4) is 0 Å². The third-order valence-corrected chi connectivity index (χ3v) is 2.66.